The predicted molar refractivity (Wildman–Crippen MR) is 123 cm³/mol. The Labute approximate surface area is 187 Å². The van der Waals surface area contributed by atoms with E-state index in [1.165, 1.54) is 23.5 Å². The highest BCUT2D eigenvalue weighted by molar-refractivity contribution is 7.92. The van der Waals surface area contributed by atoms with Gasteiger partial charge in [0.2, 0.25) is 0 Å². The number of nitrogens with one attached hydrogen (secondary N) is 2. The average Bonchev–Trinajstić information content (AvgIpc) is 3.19. The van der Waals surface area contributed by atoms with Gasteiger partial charge < -0.3 is 4.74 Å². The molecule has 2 N–H and O–H groups in total. The second-order valence-corrected chi connectivity index (χ2v) is 9.56. The molecule has 4 rings (SSSR count). The van der Waals surface area contributed by atoms with Crippen LogP contribution in [0.2, 0.25) is 0 Å². The van der Waals surface area contributed by atoms with Crippen molar-refractivity contribution in [3.05, 3.63) is 77.6 Å². The van der Waals surface area contributed by atoms with Crippen molar-refractivity contribution in [2.75, 3.05) is 17.1 Å². The Kier molecular flexibility index (Phi) is 5.81. The molecule has 0 bridgehead atoms. The van der Waals surface area contributed by atoms with Gasteiger partial charge in [-0.25, -0.2) is 17.8 Å². The summed E-state index contributed by atoms with van der Waals surface area (Å²) in [6.45, 7) is 1.95. The zero-order valence-corrected chi connectivity index (χ0v) is 18.7. The molecule has 0 atom stereocenters. The normalized spacial score (nSPS) is 11.3. The zero-order valence-electron chi connectivity index (χ0n) is 17.0. The van der Waals surface area contributed by atoms with Gasteiger partial charge in [-0.15, -0.1) is 0 Å². The van der Waals surface area contributed by atoms with Gasteiger partial charge in [-0.2, -0.15) is 0 Å². The third-order valence-corrected chi connectivity index (χ3v) is 7.15. The number of methoxy groups -OCH3 is 1. The summed E-state index contributed by atoms with van der Waals surface area (Å²) >= 11 is 1.32. The number of carbonyl (C=O) groups is 1. The molecule has 0 saturated heterocycles. The van der Waals surface area contributed by atoms with Crippen molar-refractivity contribution in [3.63, 3.8) is 0 Å². The fourth-order valence-electron chi connectivity index (χ4n) is 3.05. The molecule has 164 valence electrons. The van der Waals surface area contributed by atoms with E-state index in [0.717, 1.165) is 34.5 Å². The number of aryl methyl sites for hydroxylation is 1. The van der Waals surface area contributed by atoms with Crippen molar-refractivity contribution < 1.29 is 22.3 Å². The summed E-state index contributed by atoms with van der Waals surface area (Å²) in [4.78, 5) is 17.1. The van der Waals surface area contributed by atoms with Crippen LogP contribution in [0.25, 0.3) is 10.2 Å². The molecule has 1 amide bonds. The Morgan fingerprint density at radius 1 is 1.09 bits per heavy atom. The van der Waals surface area contributed by atoms with Crippen LogP contribution in [0.1, 0.15) is 15.9 Å². The number of halogens is 1. The monoisotopic (exact) mass is 471 g/mol. The zero-order chi connectivity index (χ0) is 22.9. The van der Waals surface area contributed by atoms with Crippen LogP contribution in [-0.2, 0) is 10.0 Å². The summed E-state index contributed by atoms with van der Waals surface area (Å²) in [6.07, 6.45) is 0. The smallest absolute Gasteiger partial charge is 0.261 e. The van der Waals surface area contributed by atoms with Crippen LogP contribution in [0.5, 0.6) is 5.75 Å². The molecule has 32 heavy (non-hydrogen) atoms. The van der Waals surface area contributed by atoms with Crippen molar-refractivity contribution in [2.24, 2.45) is 0 Å². The fourth-order valence-corrected chi connectivity index (χ4v) is 5.04. The van der Waals surface area contributed by atoms with E-state index in [1.54, 1.807) is 19.2 Å². The molecule has 0 spiro atoms. The molecular weight excluding hydrogens is 453 g/mol. The third kappa shape index (κ3) is 4.41. The highest BCUT2D eigenvalue weighted by Crippen LogP contribution is 2.35. The van der Waals surface area contributed by atoms with E-state index in [4.69, 9.17) is 4.74 Å². The highest BCUT2D eigenvalue weighted by atomic mass is 32.2. The van der Waals surface area contributed by atoms with Gasteiger partial charge >= 0.3 is 0 Å². The maximum Gasteiger partial charge on any atom is 0.261 e. The van der Waals surface area contributed by atoms with E-state index in [2.05, 4.69) is 15.0 Å². The number of sulfonamides is 1. The van der Waals surface area contributed by atoms with Gasteiger partial charge in [0.1, 0.15) is 17.1 Å². The van der Waals surface area contributed by atoms with Crippen LogP contribution in [0.15, 0.2) is 65.6 Å². The van der Waals surface area contributed by atoms with Crippen LogP contribution in [0.4, 0.5) is 15.2 Å². The third-order valence-electron chi connectivity index (χ3n) is 4.64. The first-order chi connectivity index (χ1) is 15.3. The van der Waals surface area contributed by atoms with E-state index in [9.17, 15) is 17.6 Å². The molecule has 3 aromatic carbocycles. The first-order valence-electron chi connectivity index (χ1n) is 9.41. The Morgan fingerprint density at radius 2 is 1.84 bits per heavy atom. The number of amides is 1. The van der Waals surface area contributed by atoms with E-state index in [1.807, 2.05) is 19.1 Å². The number of thiazole rings is 1. The number of fused-ring (bicyclic) bond motifs is 1. The number of hydrogen-bond acceptors (Lipinski definition) is 6. The van der Waals surface area contributed by atoms with Gasteiger partial charge in [0.25, 0.3) is 15.9 Å². The molecule has 1 heterocycles. The quantitative estimate of drug-likeness (QED) is 0.421. The van der Waals surface area contributed by atoms with Gasteiger partial charge in [0, 0.05) is 11.3 Å². The Hall–Kier alpha value is -3.50. The van der Waals surface area contributed by atoms with E-state index in [0.29, 0.717) is 16.4 Å². The topological polar surface area (TPSA) is 97.4 Å². The standard InChI is InChI=1S/C22H18FN3O4S2/c1-13-6-11-18(30-2)19-20(13)31-22(24-19)25-21(27)14-4-3-5-16(12-14)26-32(28,29)17-9-7-15(23)8-10-17/h3-12,26H,1-2H3,(H,24,25,27). The highest BCUT2D eigenvalue weighted by Gasteiger charge is 2.17. The first-order valence-corrected chi connectivity index (χ1v) is 11.7. The van der Waals surface area contributed by atoms with Crippen LogP contribution in [-0.4, -0.2) is 26.4 Å². The largest absolute Gasteiger partial charge is 0.494 e. The van der Waals surface area contributed by atoms with Crippen LogP contribution >= 0.6 is 11.3 Å². The van der Waals surface area contributed by atoms with Crippen molar-refractivity contribution in [2.45, 2.75) is 11.8 Å². The number of nitrogens with zero attached hydrogens (tertiary/aromatic N) is 1. The molecule has 7 nitrogen and oxygen atoms in total. The summed E-state index contributed by atoms with van der Waals surface area (Å²) in [5.74, 6) is -0.367. The Bertz CT molecular complexity index is 1420. The molecule has 1 aromatic heterocycles. The summed E-state index contributed by atoms with van der Waals surface area (Å²) in [5.41, 5.74) is 2.11. The molecule has 0 aliphatic carbocycles. The number of carbonyl (C=O) groups excluding carboxylic acids is 1. The average molecular weight is 472 g/mol. The first kappa shape index (κ1) is 21.7. The van der Waals surface area contributed by atoms with Gasteiger partial charge in [0.05, 0.1) is 16.7 Å². The SMILES string of the molecule is COc1ccc(C)c2sc(NC(=O)c3cccc(NS(=O)(=O)c4ccc(F)cc4)c3)nc12. The minimum atomic E-state index is -3.93. The van der Waals surface area contributed by atoms with E-state index < -0.39 is 21.7 Å². The molecule has 0 saturated carbocycles. The lowest BCUT2D eigenvalue weighted by Crippen LogP contribution is -2.15. The number of hydrogen-bond donors (Lipinski definition) is 2. The van der Waals surface area contributed by atoms with Gasteiger partial charge in [0.15, 0.2) is 5.13 Å². The second-order valence-electron chi connectivity index (χ2n) is 6.88. The number of benzene rings is 3. The molecule has 0 aliphatic heterocycles. The second kappa shape index (κ2) is 8.56. The lowest BCUT2D eigenvalue weighted by atomic mass is 10.2. The number of ether oxygens (including phenoxy) is 1. The molecular formula is C22H18FN3O4S2. The Balaban J connectivity index is 1.56. The maximum atomic E-state index is 13.1. The fraction of sp³-hybridized carbons (Fsp3) is 0.0909. The number of rotatable bonds is 6. The number of aromatic nitrogens is 1. The minimum Gasteiger partial charge on any atom is -0.494 e. The maximum absolute atomic E-state index is 13.1. The molecule has 0 fully saturated rings. The lowest BCUT2D eigenvalue weighted by Gasteiger charge is -2.09. The Morgan fingerprint density at radius 3 is 2.56 bits per heavy atom. The summed E-state index contributed by atoms with van der Waals surface area (Å²) in [6, 6.07) is 14.2. The minimum absolute atomic E-state index is 0.0902. The van der Waals surface area contributed by atoms with Crippen molar-refractivity contribution >= 4 is 48.3 Å². The summed E-state index contributed by atoms with van der Waals surface area (Å²) < 4.78 is 46.8. The molecule has 4 aromatic rings. The van der Waals surface area contributed by atoms with Crippen molar-refractivity contribution in [1.29, 1.82) is 0 Å². The molecule has 10 heteroatoms. The van der Waals surface area contributed by atoms with Gasteiger partial charge in [-0.05, 0) is 61.0 Å². The van der Waals surface area contributed by atoms with Crippen LogP contribution in [0.3, 0.4) is 0 Å². The van der Waals surface area contributed by atoms with E-state index >= 15 is 0 Å². The summed E-state index contributed by atoms with van der Waals surface area (Å²) in [5, 5.41) is 3.15. The number of anilines is 2. The van der Waals surface area contributed by atoms with Gasteiger partial charge in [-0.3, -0.25) is 14.8 Å². The van der Waals surface area contributed by atoms with Crippen LogP contribution < -0.4 is 14.8 Å². The van der Waals surface area contributed by atoms with Crippen LogP contribution in [0, 0.1) is 12.7 Å². The predicted octanol–water partition coefficient (Wildman–Crippen LogP) is 4.81. The van der Waals surface area contributed by atoms with E-state index in [-0.39, 0.29) is 16.1 Å². The van der Waals surface area contributed by atoms with Crippen molar-refractivity contribution in [3.8, 4) is 5.75 Å². The molecule has 0 radical (unpaired) electrons. The lowest BCUT2D eigenvalue weighted by molar-refractivity contribution is 0.102. The van der Waals surface area contributed by atoms with Crippen molar-refractivity contribution in [1.82, 2.24) is 4.98 Å². The molecule has 0 unspecified atom stereocenters. The summed E-state index contributed by atoms with van der Waals surface area (Å²) in [7, 11) is -2.38. The van der Waals surface area contributed by atoms with Gasteiger partial charge in [-0.1, -0.05) is 23.5 Å². The molecule has 0 aliphatic rings.